The summed E-state index contributed by atoms with van der Waals surface area (Å²) in [7, 11) is 0. The monoisotopic (exact) mass is 282 g/mol. The van der Waals surface area contributed by atoms with Crippen molar-refractivity contribution >= 4 is 11.9 Å². The first-order chi connectivity index (χ1) is 9.63. The molecule has 1 aliphatic heterocycles. The largest absolute Gasteiger partial charge is 0.480 e. The molecule has 1 rings (SSSR count). The summed E-state index contributed by atoms with van der Waals surface area (Å²) in [5.74, 6) is -1.86. The molecule has 1 saturated heterocycles. The van der Waals surface area contributed by atoms with Gasteiger partial charge in [-0.1, -0.05) is 0 Å². The number of aliphatic carboxylic acids is 1. The highest BCUT2D eigenvalue weighted by Crippen LogP contribution is 1.95. The van der Waals surface area contributed by atoms with Crippen LogP contribution >= 0.6 is 0 Å². The van der Waals surface area contributed by atoms with Crippen molar-refractivity contribution in [2.24, 2.45) is 0 Å². The van der Waals surface area contributed by atoms with E-state index in [0.717, 1.165) is 32.8 Å². The molecule has 8 nitrogen and oxygen atoms in total. The van der Waals surface area contributed by atoms with E-state index >= 15 is 0 Å². The Kier molecular flexibility index (Phi) is 7.10. The van der Waals surface area contributed by atoms with Crippen molar-refractivity contribution in [1.82, 2.24) is 15.5 Å². The van der Waals surface area contributed by atoms with E-state index in [-0.39, 0.29) is 5.57 Å². The molecule has 0 aromatic carbocycles. The van der Waals surface area contributed by atoms with Crippen LogP contribution in [-0.2, 0) is 14.3 Å². The van der Waals surface area contributed by atoms with E-state index < -0.39 is 18.4 Å². The fourth-order valence-electron chi connectivity index (χ4n) is 1.62. The van der Waals surface area contributed by atoms with Crippen LogP contribution in [0.2, 0.25) is 0 Å². The number of hydrogen-bond donors (Lipinski definition) is 3. The summed E-state index contributed by atoms with van der Waals surface area (Å²) in [5.41, 5.74) is -0.145. The quantitative estimate of drug-likeness (QED) is 0.296. The van der Waals surface area contributed by atoms with E-state index in [1.165, 1.54) is 6.20 Å². The number of nitriles is 1. The topological polar surface area (TPSA) is 115 Å². The number of ether oxygens (including phenoxy) is 1. The van der Waals surface area contributed by atoms with Crippen LogP contribution in [0.1, 0.15) is 0 Å². The van der Waals surface area contributed by atoms with Crippen LogP contribution in [0.5, 0.6) is 0 Å². The Hall–Kier alpha value is -2.11. The second-order valence-corrected chi connectivity index (χ2v) is 4.15. The molecule has 1 fully saturated rings. The lowest BCUT2D eigenvalue weighted by molar-refractivity contribution is -0.137. The van der Waals surface area contributed by atoms with E-state index in [9.17, 15) is 9.59 Å². The summed E-state index contributed by atoms with van der Waals surface area (Å²) >= 11 is 0. The van der Waals surface area contributed by atoms with E-state index in [2.05, 4.69) is 15.5 Å². The first-order valence-electron chi connectivity index (χ1n) is 6.27. The Labute approximate surface area is 117 Å². The number of carbonyl (C=O) groups is 2. The molecular formula is C12H18N4O4. The molecule has 0 spiro atoms. The maximum Gasteiger partial charge on any atom is 0.322 e. The average Bonchev–Trinajstić information content (AvgIpc) is 2.46. The highest BCUT2D eigenvalue weighted by Gasteiger charge is 2.11. The zero-order chi connectivity index (χ0) is 14.8. The van der Waals surface area contributed by atoms with Gasteiger partial charge in [-0.15, -0.1) is 0 Å². The lowest BCUT2D eigenvalue weighted by atomic mass is 10.3. The van der Waals surface area contributed by atoms with Gasteiger partial charge in [-0.05, 0) is 0 Å². The number of morpholine rings is 1. The van der Waals surface area contributed by atoms with Gasteiger partial charge < -0.3 is 20.5 Å². The van der Waals surface area contributed by atoms with Crippen LogP contribution in [0.3, 0.4) is 0 Å². The van der Waals surface area contributed by atoms with Crippen molar-refractivity contribution in [3.63, 3.8) is 0 Å². The highest BCUT2D eigenvalue weighted by molar-refractivity contribution is 5.98. The predicted molar refractivity (Wildman–Crippen MR) is 69.6 cm³/mol. The third kappa shape index (κ3) is 6.17. The van der Waals surface area contributed by atoms with Gasteiger partial charge in [0.25, 0.3) is 5.91 Å². The first-order valence-corrected chi connectivity index (χ1v) is 6.27. The van der Waals surface area contributed by atoms with Crippen molar-refractivity contribution in [3.05, 3.63) is 11.8 Å². The van der Waals surface area contributed by atoms with Crippen molar-refractivity contribution in [2.45, 2.75) is 0 Å². The van der Waals surface area contributed by atoms with Crippen molar-refractivity contribution in [2.75, 3.05) is 45.9 Å². The summed E-state index contributed by atoms with van der Waals surface area (Å²) in [6.45, 7) is 4.05. The SMILES string of the molecule is N#C/C(=C/NCCN1CCOCC1)C(=O)NCC(=O)O. The molecule has 3 N–H and O–H groups in total. The van der Waals surface area contributed by atoms with E-state index in [4.69, 9.17) is 15.1 Å². The number of nitrogens with zero attached hydrogens (tertiary/aromatic N) is 2. The van der Waals surface area contributed by atoms with Crippen LogP contribution < -0.4 is 10.6 Å². The summed E-state index contributed by atoms with van der Waals surface area (Å²) in [4.78, 5) is 24.0. The van der Waals surface area contributed by atoms with Crippen molar-refractivity contribution in [3.8, 4) is 6.07 Å². The molecule has 0 radical (unpaired) electrons. The van der Waals surface area contributed by atoms with Crippen LogP contribution in [0, 0.1) is 11.3 Å². The fraction of sp³-hybridized carbons (Fsp3) is 0.583. The van der Waals surface area contributed by atoms with Crippen molar-refractivity contribution < 1.29 is 19.4 Å². The second-order valence-electron chi connectivity index (χ2n) is 4.15. The Bertz CT molecular complexity index is 410. The molecule has 1 aliphatic rings. The Morgan fingerprint density at radius 2 is 2.10 bits per heavy atom. The molecule has 1 heterocycles. The number of hydrogen-bond acceptors (Lipinski definition) is 6. The van der Waals surface area contributed by atoms with Crippen LogP contribution in [-0.4, -0.2) is 67.8 Å². The molecule has 0 aliphatic carbocycles. The lowest BCUT2D eigenvalue weighted by Crippen LogP contribution is -2.39. The van der Waals surface area contributed by atoms with Gasteiger partial charge in [-0.2, -0.15) is 5.26 Å². The predicted octanol–water partition coefficient (Wildman–Crippen LogP) is -1.48. The number of amides is 1. The smallest absolute Gasteiger partial charge is 0.322 e. The highest BCUT2D eigenvalue weighted by atomic mass is 16.5. The third-order valence-corrected chi connectivity index (χ3v) is 2.69. The number of rotatable bonds is 7. The minimum absolute atomic E-state index is 0.145. The van der Waals surface area contributed by atoms with Gasteiger partial charge in [0.15, 0.2) is 0 Å². The fourth-order valence-corrected chi connectivity index (χ4v) is 1.62. The van der Waals surface area contributed by atoms with Gasteiger partial charge in [0, 0.05) is 32.4 Å². The van der Waals surface area contributed by atoms with Gasteiger partial charge in [-0.3, -0.25) is 14.5 Å². The van der Waals surface area contributed by atoms with Gasteiger partial charge in [0.1, 0.15) is 18.2 Å². The zero-order valence-corrected chi connectivity index (χ0v) is 11.1. The summed E-state index contributed by atoms with van der Waals surface area (Å²) in [5, 5.41) is 22.2. The molecule has 1 amide bonds. The molecule has 20 heavy (non-hydrogen) atoms. The molecule has 0 aromatic rings. The van der Waals surface area contributed by atoms with Crippen LogP contribution in [0.15, 0.2) is 11.8 Å². The average molecular weight is 282 g/mol. The maximum absolute atomic E-state index is 11.4. The van der Waals surface area contributed by atoms with Crippen LogP contribution in [0.4, 0.5) is 0 Å². The van der Waals surface area contributed by atoms with Gasteiger partial charge in [0.05, 0.1) is 13.2 Å². The molecule has 0 bridgehead atoms. The number of carboxylic acids is 1. The van der Waals surface area contributed by atoms with E-state index in [1.807, 2.05) is 0 Å². The standard InChI is InChI=1S/C12H18N4O4/c13-7-10(12(19)15-9-11(17)18)8-14-1-2-16-3-5-20-6-4-16/h8,14H,1-6,9H2,(H,15,19)(H,17,18)/b10-8-. The molecule has 0 saturated carbocycles. The summed E-state index contributed by atoms with van der Waals surface area (Å²) < 4.78 is 5.22. The van der Waals surface area contributed by atoms with Crippen molar-refractivity contribution in [1.29, 1.82) is 5.26 Å². The zero-order valence-electron chi connectivity index (χ0n) is 11.1. The third-order valence-electron chi connectivity index (χ3n) is 2.69. The number of carbonyl (C=O) groups excluding carboxylic acids is 1. The molecule has 0 aromatic heterocycles. The molecular weight excluding hydrogens is 264 g/mol. The molecule has 8 heteroatoms. The summed E-state index contributed by atoms with van der Waals surface area (Å²) in [6.07, 6.45) is 1.30. The number of carboxylic acid groups (broad SMARTS) is 1. The minimum Gasteiger partial charge on any atom is -0.480 e. The lowest BCUT2D eigenvalue weighted by Gasteiger charge is -2.26. The Balaban J connectivity index is 2.28. The molecule has 0 atom stereocenters. The Morgan fingerprint density at radius 3 is 2.70 bits per heavy atom. The van der Waals surface area contributed by atoms with Gasteiger partial charge >= 0.3 is 5.97 Å². The second kappa shape index (κ2) is 8.90. The van der Waals surface area contributed by atoms with E-state index in [0.29, 0.717) is 6.54 Å². The number of nitrogens with one attached hydrogen (secondary N) is 2. The van der Waals surface area contributed by atoms with Crippen LogP contribution in [0.25, 0.3) is 0 Å². The maximum atomic E-state index is 11.4. The minimum atomic E-state index is -1.16. The van der Waals surface area contributed by atoms with E-state index in [1.54, 1.807) is 6.07 Å². The Morgan fingerprint density at radius 1 is 1.40 bits per heavy atom. The summed E-state index contributed by atoms with van der Waals surface area (Å²) in [6, 6.07) is 1.72. The molecule has 110 valence electrons. The first kappa shape index (κ1) is 15.9. The normalized spacial score (nSPS) is 16.2. The molecule has 0 unspecified atom stereocenters. The van der Waals surface area contributed by atoms with Gasteiger partial charge in [-0.25, -0.2) is 0 Å². The van der Waals surface area contributed by atoms with Gasteiger partial charge in [0.2, 0.25) is 0 Å².